The molecule has 5 heteroatoms. The molecule has 21 heavy (non-hydrogen) atoms. The molecule has 0 heterocycles. The van der Waals surface area contributed by atoms with Crippen LogP contribution in [-0.4, -0.2) is 11.1 Å². The summed E-state index contributed by atoms with van der Waals surface area (Å²) in [5, 5.41) is 18.0. The first-order valence-electron chi connectivity index (χ1n) is 6.16. The Bertz CT molecular complexity index is 735. The fourth-order valence-corrected chi connectivity index (χ4v) is 2.24. The van der Waals surface area contributed by atoms with Crippen LogP contribution in [0.2, 0.25) is 0 Å². The lowest BCUT2D eigenvalue weighted by molar-refractivity contribution is 0.0691. The SMILES string of the molecule is Cc1cc(C#N)ccc1COc1ccc(Br)cc1C(=O)O. The number of nitrogens with zero attached hydrogens (tertiary/aromatic N) is 1. The first-order valence-corrected chi connectivity index (χ1v) is 6.96. The third-order valence-corrected chi connectivity index (χ3v) is 3.52. The molecule has 2 aromatic carbocycles. The molecule has 0 amide bonds. The van der Waals surface area contributed by atoms with Crippen molar-refractivity contribution in [1.82, 2.24) is 0 Å². The van der Waals surface area contributed by atoms with Crippen LogP contribution >= 0.6 is 15.9 Å². The Morgan fingerprint density at radius 3 is 2.71 bits per heavy atom. The van der Waals surface area contributed by atoms with Gasteiger partial charge in [-0.1, -0.05) is 22.0 Å². The number of carbonyl (C=O) groups is 1. The number of benzene rings is 2. The van der Waals surface area contributed by atoms with Crippen LogP contribution in [0.3, 0.4) is 0 Å². The Kier molecular flexibility index (Phi) is 4.61. The highest BCUT2D eigenvalue weighted by Crippen LogP contribution is 2.24. The number of carboxylic acid groups (broad SMARTS) is 1. The molecule has 0 fully saturated rings. The van der Waals surface area contributed by atoms with Crippen molar-refractivity contribution in [2.45, 2.75) is 13.5 Å². The van der Waals surface area contributed by atoms with Crippen LogP contribution in [0.5, 0.6) is 5.75 Å². The summed E-state index contributed by atoms with van der Waals surface area (Å²) in [5.41, 5.74) is 2.54. The highest BCUT2D eigenvalue weighted by Gasteiger charge is 2.12. The predicted molar refractivity (Wildman–Crippen MR) is 81.3 cm³/mol. The lowest BCUT2D eigenvalue weighted by Gasteiger charge is -2.11. The second kappa shape index (κ2) is 6.42. The van der Waals surface area contributed by atoms with Crippen LogP contribution < -0.4 is 4.74 Å². The van der Waals surface area contributed by atoms with Crippen molar-refractivity contribution < 1.29 is 14.6 Å². The molecular formula is C16H12BrNO3. The van der Waals surface area contributed by atoms with Crippen molar-refractivity contribution in [3.63, 3.8) is 0 Å². The minimum atomic E-state index is -1.04. The lowest BCUT2D eigenvalue weighted by Crippen LogP contribution is -2.04. The van der Waals surface area contributed by atoms with Gasteiger partial charge in [0.15, 0.2) is 0 Å². The van der Waals surface area contributed by atoms with Gasteiger partial charge in [0, 0.05) is 4.47 Å². The maximum atomic E-state index is 11.2. The second-order valence-electron chi connectivity index (χ2n) is 4.49. The van der Waals surface area contributed by atoms with Gasteiger partial charge in [-0.2, -0.15) is 5.26 Å². The zero-order chi connectivity index (χ0) is 15.4. The van der Waals surface area contributed by atoms with Crippen molar-refractivity contribution >= 4 is 21.9 Å². The maximum Gasteiger partial charge on any atom is 0.339 e. The molecule has 2 rings (SSSR count). The summed E-state index contributed by atoms with van der Waals surface area (Å²) in [6.45, 7) is 2.14. The minimum Gasteiger partial charge on any atom is -0.488 e. The maximum absolute atomic E-state index is 11.2. The molecule has 0 unspecified atom stereocenters. The van der Waals surface area contributed by atoms with E-state index in [0.29, 0.717) is 15.8 Å². The molecule has 1 N–H and O–H groups in total. The molecule has 2 aromatic rings. The average Bonchev–Trinajstić information content (AvgIpc) is 2.46. The molecule has 0 atom stereocenters. The van der Waals surface area contributed by atoms with Gasteiger partial charge in [-0.15, -0.1) is 0 Å². The molecule has 0 aliphatic carbocycles. The molecule has 0 saturated carbocycles. The topological polar surface area (TPSA) is 70.3 Å². The van der Waals surface area contributed by atoms with Gasteiger partial charge in [0.25, 0.3) is 0 Å². The van der Waals surface area contributed by atoms with Crippen LogP contribution in [0.4, 0.5) is 0 Å². The third-order valence-electron chi connectivity index (χ3n) is 3.03. The Hall–Kier alpha value is -2.32. The van der Waals surface area contributed by atoms with E-state index in [-0.39, 0.29) is 12.2 Å². The van der Waals surface area contributed by atoms with E-state index in [2.05, 4.69) is 22.0 Å². The van der Waals surface area contributed by atoms with E-state index in [0.717, 1.165) is 11.1 Å². The quantitative estimate of drug-likeness (QED) is 0.911. The summed E-state index contributed by atoms with van der Waals surface area (Å²) in [6, 6.07) is 12.2. The Morgan fingerprint density at radius 2 is 2.10 bits per heavy atom. The van der Waals surface area contributed by atoms with Gasteiger partial charge < -0.3 is 9.84 Å². The van der Waals surface area contributed by atoms with Gasteiger partial charge in [0.1, 0.15) is 17.9 Å². The number of aromatic carboxylic acids is 1. The first kappa shape index (κ1) is 15.1. The number of ether oxygens (including phenoxy) is 1. The predicted octanol–water partition coefficient (Wildman–Crippen LogP) is 3.91. The number of halogens is 1. The van der Waals surface area contributed by atoms with Crippen LogP contribution in [0, 0.1) is 18.3 Å². The van der Waals surface area contributed by atoms with Crippen molar-refractivity contribution in [3.05, 3.63) is 63.1 Å². The summed E-state index contributed by atoms with van der Waals surface area (Å²) in [5.74, 6) is -0.725. The third kappa shape index (κ3) is 3.61. The van der Waals surface area contributed by atoms with Crippen LogP contribution in [-0.2, 0) is 6.61 Å². The summed E-state index contributed by atoms with van der Waals surface area (Å²) in [7, 11) is 0. The molecule has 0 aliphatic rings. The monoisotopic (exact) mass is 345 g/mol. The van der Waals surface area contributed by atoms with Crippen molar-refractivity contribution in [3.8, 4) is 11.8 Å². The number of aryl methyl sites for hydroxylation is 1. The first-order chi connectivity index (χ1) is 10.0. The number of nitriles is 1. The van der Waals surface area contributed by atoms with E-state index in [1.807, 2.05) is 13.0 Å². The van der Waals surface area contributed by atoms with Gasteiger partial charge in [0.2, 0.25) is 0 Å². The summed E-state index contributed by atoms with van der Waals surface area (Å²) >= 11 is 3.24. The number of carboxylic acids is 1. The molecule has 0 spiro atoms. The normalized spacial score (nSPS) is 9.95. The highest BCUT2D eigenvalue weighted by molar-refractivity contribution is 9.10. The van der Waals surface area contributed by atoms with Crippen LogP contribution in [0.25, 0.3) is 0 Å². The van der Waals surface area contributed by atoms with Crippen molar-refractivity contribution in [2.75, 3.05) is 0 Å². The summed E-state index contributed by atoms with van der Waals surface area (Å²) in [6.07, 6.45) is 0. The van der Waals surface area contributed by atoms with Gasteiger partial charge in [-0.25, -0.2) is 4.79 Å². The van der Waals surface area contributed by atoms with Gasteiger partial charge >= 0.3 is 5.97 Å². The lowest BCUT2D eigenvalue weighted by atomic mass is 10.1. The van der Waals surface area contributed by atoms with E-state index in [1.54, 1.807) is 24.3 Å². The minimum absolute atomic E-state index is 0.107. The fraction of sp³-hybridized carbons (Fsp3) is 0.125. The standard InChI is InChI=1S/C16H12BrNO3/c1-10-6-11(8-18)2-3-12(10)9-21-15-5-4-13(17)7-14(15)16(19)20/h2-7H,9H2,1H3,(H,19,20). The fourth-order valence-electron chi connectivity index (χ4n) is 1.88. The zero-order valence-corrected chi connectivity index (χ0v) is 12.8. The van der Waals surface area contributed by atoms with Crippen LogP contribution in [0.1, 0.15) is 27.0 Å². The molecular weight excluding hydrogens is 334 g/mol. The molecule has 0 aliphatic heterocycles. The number of hydrogen-bond donors (Lipinski definition) is 1. The highest BCUT2D eigenvalue weighted by atomic mass is 79.9. The molecule has 0 radical (unpaired) electrons. The Morgan fingerprint density at radius 1 is 1.33 bits per heavy atom. The number of rotatable bonds is 4. The summed E-state index contributed by atoms with van der Waals surface area (Å²) in [4.78, 5) is 11.2. The molecule has 0 bridgehead atoms. The summed E-state index contributed by atoms with van der Waals surface area (Å²) < 4.78 is 6.29. The molecule has 4 nitrogen and oxygen atoms in total. The second-order valence-corrected chi connectivity index (χ2v) is 5.40. The number of hydrogen-bond acceptors (Lipinski definition) is 3. The Labute approximate surface area is 130 Å². The molecule has 0 aromatic heterocycles. The Balaban J connectivity index is 2.21. The van der Waals surface area contributed by atoms with Gasteiger partial charge in [-0.05, 0) is 48.4 Å². The van der Waals surface area contributed by atoms with E-state index in [1.165, 1.54) is 6.07 Å². The van der Waals surface area contributed by atoms with E-state index in [4.69, 9.17) is 10.00 Å². The van der Waals surface area contributed by atoms with Crippen molar-refractivity contribution in [1.29, 1.82) is 5.26 Å². The smallest absolute Gasteiger partial charge is 0.339 e. The van der Waals surface area contributed by atoms with E-state index in [9.17, 15) is 9.90 Å². The largest absolute Gasteiger partial charge is 0.488 e. The molecule has 0 saturated heterocycles. The van der Waals surface area contributed by atoms with E-state index >= 15 is 0 Å². The van der Waals surface area contributed by atoms with E-state index < -0.39 is 5.97 Å². The van der Waals surface area contributed by atoms with Gasteiger partial charge in [-0.3, -0.25) is 0 Å². The zero-order valence-electron chi connectivity index (χ0n) is 11.3. The average molecular weight is 346 g/mol. The van der Waals surface area contributed by atoms with Crippen LogP contribution in [0.15, 0.2) is 40.9 Å². The van der Waals surface area contributed by atoms with Crippen molar-refractivity contribution in [2.24, 2.45) is 0 Å². The van der Waals surface area contributed by atoms with Gasteiger partial charge in [0.05, 0.1) is 11.6 Å². The molecule has 106 valence electrons.